The van der Waals surface area contributed by atoms with Crippen LogP contribution < -0.4 is 0 Å². The first kappa shape index (κ1) is 37.6. The summed E-state index contributed by atoms with van der Waals surface area (Å²) in [7, 11) is -12.6. The molecule has 0 saturated carbocycles. The Labute approximate surface area is 234 Å². The topological polar surface area (TPSA) is 86.7 Å². The molecule has 2 aromatic rings. The zero-order chi connectivity index (χ0) is 34.5. The standard InChI is InChI=1S/C20H12F16O6S2/c21-13(22)17(29,30)19(33,34)15(25,26)7-41-43(37,38)11-6-5-9-3-1-2-4-10(9)12(11)44(39,40)42-8-16(27,28)20(35,36)18(31,32)14(23)24/h1-6,13-14H,7-8H2. The van der Waals surface area contributed by atoms with Crippen LogP contribution in [0.3, 0.4) is 0 Å². The maximum atomic E-state index is 13.9. The zero-order valence-electron chi connectivity index (χ0n) is 20.3. The van der Waals surface area contributed by atoms with Crippen LogP contribution in [0.2, 0.25) is 0 Å². The second-order valence-corrected chi connectivity index (χ2v) is 11.6. The highest BCUT2D eigenvalue weighted by atomic mass is 32.2. The van der Waals surface area contributed by atoms with E-state index in [0.717, 1.165) is 18.2 Å². The van der Waals surface area contributed by atoms with Crippen molar-refractivity contribution in [2.45, 2.75) is 58.2 Å². The lowest BCUT2D eigenvalue weighted by Gasteiger charge is -2.32. The van der Waals surface area contributed by atoms with Crippen LogP contribution in [-0.4, -0.2) is 78.4 Å². The van der Waals surface area contributed by atoms with E-state index in [-0.39, 0.29) is 6.07 Å². The summed E-state index contributed by atoms with van der Waals surface area (Å²) in [6.07, 6.45) is -10.9. The average Bonchev–Trinajstić information content (AvgIpc) is 2.89. The quantitative estimate of drug-likeness (QED) is 0.162. The molecule has 0 aliphatic heterocycles. The highest BCUT2D eigenvalue weighted by molar-refractivity contribution is 7.90. The zero-order valence-corrected chi connectivity index (χ0v) is 22.0. The smallest absolute Gasteiger partial charge is 0.260 e. The lowest BCUT2D eigenvalue weighted by molar-refractivity contribution is -0.342. The third kappa shape index (κ3) is 6.38. The largest absolute Gasteiger partial charge is 0.380 e. The average molecular weight is 716 g/mol. The molecule has 252 valence electrons. The third-order valence-electron chi connectivity index (χ3n) is 5.46. The van der Waals surface area contributed by atoms with Gasteiger partial charge in [0.15, 0.2) is 0 Å². The van der Waals surface area contributed by atoms with Crippen molar-refractivity contribution in [1.82, 2.24) is 0 Å². The van der Waals surface area contributed by atoms with Crippen LogP contribution in [-0.2, 0) is 28.6 Å². The van der Waals surface area contributed by atoms with Gasteiger partial charge in [0.05, 0.1) is 0 Å². The number of hydrogen-bond donors (Lipinski definition) is 0. The molecule has 44 heavy (non-hydrogen) atoms. The van der Waals surface area contributed by atoms with Crippen LogP contribution >= 0.6 is 0 Å². The Morgan fingerprint density at radius 3 is 1.36 bits per heavy atom. The van der Waals surface area contributed by atoms with Crippen molar-refractivity contribution in [3.63, 3.8) is 0 Å². The number of fused-ring (bicyclic) bond motifs is 1. The number of rotatable bonds is 14. The fraction of sp³-hybridized carbons (Fsp3) is 0.500. The fourth-order valence-corrected chi connectivity index (χ4v) is 5.85. The molecule has 0 aromatic heterocycles. The van der Waals surface area contributed by atoms with Crippen molar-refractivity contribution >= 4 is 31.0 Å². The van der Waals surface area contributed by atoms with E-state index in [1.54, 1.807) is 0 Å². The Kier molecular flexibility index (Phi) is 9.94. The highest BCUT2D eigenvalue weighted by Gasteiger charge is 2.76. The molecular weight excluding hydrogens is 704 g/mol. The van der Waals surface area contributed by atoms with E-state index >= 15 is 0 Å². The van der Waals surface area contributed by atoms with E-state index in [1.807, 2.05) is 0 Å². The van der Waals surface area contributed by atoms with Crippen LogP contribution in [0.5, 0.6) is 0 Å². The molecule has 0 saturated heterocycles. The molecule has 0 radical (unpaired) electrons. The molecule has 2 rings (SSSR count). The number of benzene rings is 2. The van der Waals surface area contributed by atoms with Crippen LogP contribution in [0.4, 0.5) is 70.2 Å². The minimum atomic E-state index is -7.02. The second kappa shape index (κ2) is 11.6. The van der Waals surface area contributed by atoms with E-state index < -0.39 is 102 Å². The van der Waals surface area contributed by atoms with Gasteiger partial charge in [0.25, 0.3) is 20.2 Å². The van der Waals surface area contributed by atoms with Gasteiger partial charge >= 0.3 is 48.4 Å². The van der Waals surface area contributed by atoms with Crippen molar-refractivity contribution < 1.29 is 95.4 Å². The van der Waals surface area contributed by atoms with Gasteiger partial charge in [0, 0.05) is 5.39 Å². The van der Waals surface area contributed by atoms with Crippen LogP contribution in [0.1, 0.15) is 0 Å². The molecule has 0 aliphatic carbocycles. The molecule has 0 spiro atoms. The van der Waals surface area contributed by atoms with Crippen molar-refractivity contribution in [2.75, 3.05) is 13.2 Å². The third-order valence-corrected chi connectivity index (χ3v) is 8.26. The van der Waals surface area contributed by atoms with Crippen molar-refractivity contribution in [1.29, 1.82) is 0 Å². The number of halogens is 16. The van der Waals surface area contributed by atoms with Gasteiger partial charge in [-0.25, -0.2) is 17.6 Å². The van der Waals surface area contributed by atoms with E-state index in [2.05, 4.69) is 8.37 Å². The molecular formula is C20H12F16O6S2. The summed E-state index contributed by atoms with van der Waals surface area (Å²) in [6.45, 7) is -6.77. The van der Waals surface area contributed by atoms with Gasteiger partial charge in [-0.3, -0.25) is 8.37 Å². The summed E-state index contributed by atoms with van der Waals surface area (Å²) < 4.78 is 269. The van der Waals surface area contributed by atoms with Crippen LogP contribution in [0.25, 0.3) is 10.8 Å². The van der Waals surface area contributed by atoms with Gasteiger partial charge in [-0.2, -0.15) is 69.5 Å². The Bertz CT molecular complexity index is 1580. The fourth-order valence-electron chi connectivity index (χ4n) is 3.05. The van der Waals surface area contributed by atoms with Gasteiger partial charge < -0.3 is 0 Å². The SMILES string of the molecule is O=S(=O)(OCC(F)(F)C(F)(F)C(F)(F)C(F)F)c1ccc2ccccc2c1S(=O)(=O)OCC(F)(F)C(F)(F)C(F)(F)C(F)F. The van der Waals surface area contributed by atoms with E-state index in [4.69, 9.17) is 0 Å². The summed E-state index contributed by atoms with van der Waals surface area (Å²) in [5.74, 6) is -40.5. The molecule has 0 heterocycles. The molecule has 24 heteroatoms. The second-order valence-electron chi connectivity index (χ2n) is 8.45. The maximum Gasteiger partial charge on any atom is 0.380 e. The maximum absolute atomic E-state index is 13.9. The van der Waals surface area contributed by atoms with Crippen LogP contribution in [0.15, 0.2) is 46.2 Å². The number of hydrogen-bond acceptors (Lipinski definition) is 6. The monoisotopic (exact) mass is 716 g/mol. The normalized spacial score (nSPS) is 15.0. The van der Waals surface area contributed by atoms with E-state index in [0.29, 0.717) is 12.1 Å². The summed E-state index contributed by atoms with van der Waals surface area (Å²) in [4.78, 5) is -4.02. The van der Waals surface area contributed by atoms with Crippen molar-refractivity contribution in [3.8, 4) is 0 Å². The van der Waals surface area contributed by atoms with Crippen molar-refractivity contribution in [3.05, 3.63) is 36.4 Å². The van der Waals surface area contributed by atoms with Gasteiger partial charge in [-0.1, -0.05) is 30.3 Å². The lowest BCUT2D eigenvalue weighted by Crippen LogP contribution is -2.59. The minimum Gasteiger partial charge on any atom is -0.260 e. The first-order valence-corrected chi connectivity index (χ1v) is 13.5. The van der Waals surface area contributed by atoms with Gasteiger partial charge in [-0.05, 0) is 11.5 Å². The summed E-state index contributed by atoms with van der Waals surface area (Å²) in [5.41, 5.74) is 0. The van der Waals surface area contributed by atoms with E-state index in [1.165, 1.54) is 0 Å². The molecule has 0 amide bonds. The molecule has 0 N–H and O–H groups in total. The van der Waals surface area contributed by atoms with Crippen LogP contribution in [0, 0.1) is 0 Å². The Morgan fingerprint density at radius 2 is 0.955 bits per heavy atom. The summed E-state index contributed by atoms with van der Waals surface area (Å²) in [6, 6.07) is 4.17. The highest BCUT2D eigenvalue weighted by Crippen LogP contribution is 2.50. The Hall–Kier alpha value is -2.60. The van der Waals surface area contributed by atoms with Gasteiger partial charge in [0.1, 0.15) is 23.0 Å². The molecule has 0 unspecified atom stereocenters. The molecule has 0 aliphatic rings. The predicted molar refractivity (Wildman–Crippen MR) is 112 cm³/mol. The molecule has 0 fully saturated rings. The first-order chi connectivity index (χ1) is 19.5. The summed E-state index contributed by atoms with van der Waals surface area (Å²) >= 11 is 0. The van der Waals surface area contributed by atoms with Gasteiger partial charge in [0.2, 0.25) is 0 Å². The predicted octanol–water partition coefficient (Wildman–Crippen LogP) is 6.59. The molecule has 0 bridgehead atoms. The summed E-state index contributed by atoms with van der Waals surface area (Å²) in [5, 5.41) is -1.39. The minimum absolute atomic E-state index is 0.0651. The number of alkyl halides is 16. The lowest BCUT2D eigenvalue weighted by atomic mass is 10.1. The molecule has 2 aromatic carbocycles. The van der Waals surface area contributed by atoms with Gasteiger partial charge in [-0.15, -0.1) is 0 Å². The first-order valence-electron chi connectivity index (χ1n) is 10.6. The molecule has 0 atom stereocenters. The Balaban J connectivity index is 2.61. The Morgan fingerprint density at radius 1 is 0.568 bits per heavy atom. The van der Waals surface area contributed by atoms with E-state index in [9.17, 15) is 87.1 Å². The van der Waals surface area contributed by atoms with Crippen molar-refractivity contribution in [2.24, 2.45) is 0 Å². The molecule has 6 nitrogen and oxygen atoms in total.